The molecule has 0 aliphatic heterocycles. The van der Waals surface area contributed by atoms with Crippen molar-refractivity contribution in [2.45, 2.75) is 40.2 Å². The zero-order valence-electron chi connectivity index (χ0n) is 12.0. The second-order valence-corrected chi connectivity index (χ2v) is 5.78. The molecule has 1 aromatic rings. The van der Waals surface area contributed by atoms with Crippen LogP contribution in [0.5, 0.6) is 0 Å². The number of hydrogen-bond donors (Lipinski definition) is 1. The van der Waals surface area contributed by atoms with E-state index in [0.29, 0.717) is 6.04 Å². The highest BCUT2D eigenvalue weighted by Crippen LogP contribution is 2.29. The largest absolute Gasteiger partial charge is 0.313 e. The van der Waals surface area contributed by atoms with Crippen molar-refractivity contribution in [2.24, 2.45) is 0 Å². The molecule has 1 rings (SSSR count). The molecule has 0 saturated carbocycles. The van der Waals surface area contributed by atoms with Gasteiger partial charge in [0, 0.05) is 6.04 Å². The summed E-state index contributed by atoms with van der Waals surface area (Å²) in [4.78, 5) is 0. The quantitative estimate of drug-likeness (QED) is 0.851. The molecule has 1 unspecified atom stereocenters. The lowest BCUT2D eigenvalue weighted by atomic mass is 9.89. The summed E-state index contributed by atoms with van der Waals surface area (Å²) in [6.45, 7) is 8.93. The minimum atomic E-state index is 0.487. The van der Waals surface area contributed by atoms with Gasteiger partial charge in [-0.25, -0.2) is 0 Å². The Balaban J connectivity index is 3.17. The first-order valence-electron chi connectivity index (χ1n) is 6.26. The van der Waals surface area contributed by atoms with E-state index in [1.807, 2.05) is 11.8 Å². The molecule has 0 aliphatic carbocycles. The highest BCUT2D eigenvalue weighted by atomic mass is 32.2. The Hall–Kier alpha value is -0.470. The third-order valence-electron chi connectivity index (χ3n) is 3.73. The fourth-order valence-corrected chi connectivity index (χ4v) is 2.91. The van der Waals surface area contributed by atoms with E-state index in [2.05, 4.69) is 52.4 Å². The van der Waals surface area contributed by atoms with Gasteiger partial charge in [0.1, 0.15) is 0 Å². The molecule has 1 atom stereocenters. The van der Waals surface area contributed by atoms with Crippen LogP contribution in [-0.4, -0.2) is 19.1 Å². The van der Waals surface area contributed by atoms with Crippen LogP contribution in [0.15, 0.2) is 6.07 Å². The molecule has 0 amide bonds. The molecule has 1 nitrogen and oxygen atoms in total. The van der Waals surface area contributed by atoms with Crippen LogP contribution in [0.1, 0.15) is 40.3 Å². The van der Waals surface area contributed by atoms with Crippen molar-refractivity contribution in [1.29, 1.82) is 0 Å². The van der Waals surface area contributed by atoms with Crippen LogP contribution >= 0.6 is 11.8 Å². The minimum absolute atomic E-state index is 0.487. The van der Waals surface area contributed by atoms with Gasteiger partial charge in [0.25, 0.3) is 0 Å². The molecule has 0 aromatic heterocycles. The number of thioether (sulfide) groups is 1. The number of rotatable bonds is 5. The molecule has 1 aromatic carbocycles. The van der Waals surface area contributed by atoms with Gasteiger partial charge in [-0.2, -0.15) is 11.8 Å². The summed E-state index contributed by atoms with van der Waals surface area (Å²) in [7, 11) is 2.07. The van der Waals surface area contributed by atoms with Gasteiger partial charge in [-0.05, 0) is 81.0 Å². The van der Waals surface area contributed by atoms with Crippen molar-refractivity contribution in [2.75, 3.05) is 19.1 Å². The first kappa shape index (κ1) is 14.6. The van der Waals surface area contributed by atoms with Crippen molar-refractivity contribution in [3.05, 3.63) is 33.9 Å². The van der Waals surface area contributed by atoms with Crippen LogP contribution in [0.2, 0.25) is 0 Å². The Labute approximate surface area is 110 Å². The fraction of sp³-hybridized carbons (Fsp3) is 0.600. The van der Waals surface area contributed by atoms with Gasteiger partial charge < -0.3 is 5.32 Å². The number of benzene rings is 1. The molecule has 0 fully saturated rings. The van der Waals surface area contributed by atoms with Gasteiger partial charge in [-0.3, -0.25) is 0 Å². The third kappa shape index (κ3) is 3.26. The Bertz CT molecular complexity index is 359. The van der Waals surface area contributed by atoms with Crippen LogP contribution in [0, 0.1) is 27.7 Å². The van der Waals surface area contributed by atoms with E-state index < -0.39 is 0 Å². The summed E-state index contributed by atoms with van der Waals surface area (Å²) in [6, 6.07) is 2.79. The smallest absolute Gasteiger partial charge is 0.0330 e. The summed E-state index contributed by atoms with van der Waals surface area (Å²) in [5.41, 5.74) is 7.24. The zero-order chi connectivity index (χ0) is 13.0. The maximum absolute atomic E-state index is 3.48. The van der Waals surface area contributed by atoms with Gasteiger partial charge in [-0.1, -0.05) is 6.07 Å². The maximum atomic E-state index is 3.48. The monoisotopic (exact) mass is 251 g/mol. The summed E-state index contributed by atoms with van der Waals surface area (Å²) < 4.78 is 0. The van der Waals surface area contributed by atoms with E-state index in [1.54, 1.807) is 0 Å². The molecule has 96 valence electrons. The molecule has 0 saturated heterocycles. The van der Waals surface area contributed by atoms with Crippen LogP contribution < -0.4 is 5.32 Å². The van der Waals surface area contributed by atoms with E-state index >= 15 is 0 Å². The van der Waals surface area contributed by atoms with Crippen molar-refractivity contribution in [1.82, 2.24) is 5.32 Å². The Morgan fingerprint density at radius 3 is 2.06 bits per heavy atom. The van der Waals surface area contributed by atoms with Crippen molar-refractivity contribution in [3.8, 4) is 0 Å². The van der Waals surface area contributed by atoms with Gasteiger partial charge in [0.2, 0.25) is 0 Å². The van der Waals surface area contributed by atoms with Gasteiger partial charge in [0.15, 0.2) is 0 Å². The van der Waals surface area contributed by atoms with Crippen LogP contribution in [-0.2, 0) is 0 Å². The lowest BCUT2D eigenvalue weighted by Gasteiger charge is -2.23. The standard InChI is InChI=1S/C15H25NS/c1-10-9-11(2)13(4)15(12(10)3)14(16-5)7-8-17-6/h9,14,16H,7-8H2,1-6H3. The molecule has 0 spiro atoms. The number of aryl methyl sites for hydroxylation is 2. The van der Waals surface area contributed by atoms with E-state index in [1.165, 1.54) is 40.0 Å². The molecular formula is C15H25NS. The van der Waals surface area contributed by atoms with Gasteiger partial charge >= 0.3 is 0 Å². The molecule has 0 heterocycles. The Morgan fingerprint density at radius 2 is 1.65 bits per heavy atom. The molecule has 1 N–H and O–H groups in total. The van der Waals surface area contributed by atoms with E-state index in [4.69, 9.17) is 0 Å². The molecule has 0 bridgehead atoms. The predicted octanol–water partition coefficient (Wildman–Crippen LogP) is 3.93. The van der Waals surface area contributed by atoms with Gasteiger partial charge in [-0.15, -0.1) is 0 Å². The van der Waals surface area contributed by atoms with Gasteiger partial charge in [0.05, 0.1) is 0 Å². The third-order valence-corrected chi connectivity index (χ3v) is 4.38. The summed E-state index contributed by atoms with van der Waals surface area (Å²) in [5, 5.41) is 3.48. The zero-order valence-corrected chi connectivity index (χ0v) is 12.8. The molecular weight excluding hydrogens is 226 g/mol. The lowest BCUT2D eigenvalue weighted by Crippen LogP contribution is -2.20. The highest BCUT2D eigenvalue weighted by Gasteiger charge is 2.16. The van der Waals surface area contributed by atoms with E-state index in [-0.39, 0.29) is 0 Å². The van der Waals surface area contributed by atoms with Crippen LogP contribution in [0.25, 0.3) is 0 Å². The Morgan fingerprint density at radius 1 is 1.12 bits per heavy atom. The van der Waals surface area contributed by atoms with Crippen LogP contribution in [0.4, 0.5) is 0 Å². The fourth-order valence-electron chi connectivity index (χ4n) is 2.44. The molecule has 17 heavy (non-hydrogen) atoms. The highest BCUT2D eigenvalue weighted by molar-refractivity contribution is 7.98. The van der Waals surface area contributed by atoms with Crippen LogP contribution in [0.3, 0.4) is 0 Å². The predicted molar refractivity (Wildman–Crippen MR) is 80.2 cm³/mol. The topological polar surface area (TPSA) is 12.0 Å². The average molecular weight is 251 g/mol. The first-order chi connectivity index (χ1) is 8.02. The lowest BCUT2D eigenvalue weighted by molar-refractivity contribution is 0.574. The second kappa shape index (κ2) is 6.46. The molecule has 2 heteroatoms. The first-order valence-corrected chi connectivity index (χ1v) is 7.65. The van der Waals surface area contributed by atoms with E-state index in [9.17, 15) is 0 Å². The number of nitrogens with one attached hydrogen (secondary N) is 1. The number of hydrogen-bond acceptors (Lipinski definition) is 2. The average Bonchev–Trinajstić information content (AvgIpc) is 2.31. The molecule has 0 aliphatic rings. The minimum Gasteiger partial charge on any atom is -0.313 e. The van der Waals surface area contributed by atoms with Crippen molar-refractivity contribution < 1.29 is 0 Å². The van der Waals surface area contributed by atoms with Crippen molar-refractivity contribution >= 4 is 11.8 Å². The molecule has 0 radical (unpaired) electrons. The van der Waals surface area contributed by atoms with E-state index in [0.717, 1.165) is 0 Å². The maximum Gasteiger partial charge on any atom is 0.0330 e. The normalized spacial score (nSPS) is 12.8. The summed E-state index contributed by atoms with van der Waals surface area (Å²) in [6.07, 6.45) is 3.37. The summed E-state index contributed by atoms with van der Waals surface area (Å²) in [5.74, 6) is 1.21. The van der Waals surface area contributed by atoms with Crippen molar-refractivity contribution in [3.63, 3.8) is 0 Å². The SMILES string of the molecule is CNC(CCSC)c1c(C)c(C)cc(C)c1C. The summed E-state index contributed by atoms with van der Waals surface area (Å²) >= 11 is 1.92. The second-order valence-electron chi connectivity index (χ2n) is 4.80. The Kier molecular flexibility index (Phi) is 5.54.